The third-order valence-corrected chi connectivity index (χ3v) is 7.97. The van der Waals surface area contributed by atoms with Gasteiger partial charge in [-0.1, -0.05) is 17.7 Å². The fourth-order valence-electron chi connectivity index (χ4n) is 4.10. The maximum absolute atomic E-state index is 12.9. The SMILES string of the molecule is O=C(c1cc(N2CCN(S(=O)(=O)c3cccc(Cl)c3)CC2)ccc1[N+](=O)[O-])N1CCCC1. The smallest absolute Gasteiger partial charge is 0.282 e. The molecule has 0 unspecified atom stereocenters. The highest BCUT2D eigenvalue weighted by Gasteiger charge is 2.31. The predicted molar refractivity (Wildman–Crippen MR) is 121 cm³/mol. The first-order chi connectivity index (χ1) is 15.3. The number of nitro groups is 1. The molecule has 0 spiro atoms. The van der Waals surface area contributed by atoms with Crippen LogP contribution in [0.5, 0.6) is 0 Å². The van der Waals surface area contributed by atoms with E-state index in [-0.39, 0.29) is 35.1 Å². The number of nitrogens with zero attached hydrogens (tertiary/aromatic N) is 4. The Hall–Kier alpha value is -2.69. The molecular formula is C21H23ClN4O5S. The third-order valence-electron chi connectivity index (χ3n) is 5.84. The monoisotopic (exact) mass is 478 g/mol. The molecular weight excluding hydrogens is 456 g/mol. The van der Waals surface area contributed by atoms with Crippen molar-refractivity contribution in [3.63, 3.8) is 0 Å². The molecule has 1 amide bonds. The van der Waals surface area contributed by atoms with Crippen LogP contribution < -0.4 is 4.90 Å². The summed E-state index contributed by atoms with van der Waals surface area (Å²) in [5.74, 6) is -0.335. The summed E-state index contributed by atoms with van der Waals surface area (Å²) in [5.41, 5.74) is 0.522. The second kappa shape index (κ2) is 9.05. The Bertz CT molecular complexity index is 1140. The number of benzene rings is 2. The number of sulfonamides is 1. The zero-order valence-electron chi connectivity index (χ0n) is 17.3. The number of likely N-dealkylation sites (tertiary alicyclic amines) is 1. The molecule has 11 heteroatoms. The lowest BCUT2D eigenvalue weighted by Gasteiger charge is -2.35. The average molecular weight is 479 g/mol. The van der Waals surface area contributed by atoms with Crippen molar-refractivity contribution in [2.45, 2.75) is 17.7 Å². The lowest BCUT2D eigenvalue weighted by Crippen LogP contribution is -2.48. The molecule has 2 aliphatic rings. The van der Waals surface area contributed by atoms with Gasteiger partial charge < -0.3 is 9.80 Å². The molecule has 2 aromatic rings. The van der Waals surface area contributed by atoms with E-state index in [9.17, 15) is 23.3 Å². The topological polar surface area (TPSA) is 104 Å². The van der Waals surface area contributed by atoms with Crippen molar-refractivity contribution in [1.29, 1.82) is 0 Å². The Morgan fingerprint density at radius 2 is 1.66 bits per heavy atom. The Balaban J connectivity index is 1.52. The third kappa shape index (κ3) is 4.43. The highest BCUT2D eigenvalue weighted by Crippen LogP contribution is 2.29. The number of halogens is 1. The molecule has 0 saturated carbocycles. The van der Waals surface area contributed by atoms with Crippen LogP contribution in [0.25, 0.3) is 0 Å². The quantitative estimate of drug-likeness (QED) is 0.483. The second-order valence-electron chi connectivity index (χ2n) is 7.81. The van der Waals surface area contributed by atoms with Crippen LogP contribution in [0, 0.1) is 10.1 Å². The van der Waals surface area contributed by atoms with E-state index < -0.39 is 14.9 Å². The normalized spacial score (nSPS) is 17.5. The first-order valence-electron chi connectivity index (χ1n) is 10.4. The van der Waals surface area contributed by atoms with Gasteiger partial charge in [-0.25, -0.2) is 8.42 Å². The minimum absolute atomic E-state index is 0.0726. The van der Waals surface area contributed by atoms with Gasteiger partial charge in [0.25, 0.3) is 11.6 Å². The fourth-order valence-corrected chi connectivity index (χ4v) is 5.83. The summed E-state index contributed by atoms with van der Waals surface area (Å²) < 4.78 is 27.2. The molecule has 2 aromatic carbocycles. The van der Waals surface area contributed by atoms with Crippen LogP contribution in [-0.4, -0.2) is 67.7 Å². The Morgan fingerprint density at radius 1 is 0.969 bits per heavy atom. The van der Waals surface area contributed by atoms with Gasteiger partial charge in [-0.3, -0.25) is 14.9 Å². The lowest BCUT2D eigenvalue weighted by molar-refractivity contribution is -0.385. The minimum Gasteiger partial charge on any atom is -0.369 e. The maximum atomic E-state index is 12.9. The maximum Gasteiger partial charge on any atom is 0.282 e. The molecule has 0 atom stereocenters. The lowest BCUT2D eigenvalue weighted by atomic mass is 10.1. The number of nitro benzene ring substituents is 1. The van der Waals surface area contributed by atoms with Crippen molar-refractivity contribution in [3.8, 4) is 0 Å². The van der Waals surface area contributed by atoms with Gasteiger partial charge in [-0.2, -0.15) is 4.31 Å². The summed E-state index contributed by atoms with van der Waals surface area (Å²) in [4.78, 5) is 27.5. The van der Waals surface area contributed by atoms with Crippen LogP contribution >= 0.6 is 11.6 Å². The zero-order chi connectivity index (χ0) is 22.9. The molecule has 0 aromatic heterocycles. The number of carbonyl (C=O) groups is 1. The van der Waals surface area contributed by atoms with Crippen LogP contribution in [0.1, 0.15) is 23.2 Å². The second-order valence-corrected chi connectivity index (χ2v) is 10.2. The molecule has 170 valence electrons. The molecule has 9 nitrogen and oxygen atoms in total. The summed E-state index contributed by atoms with van der Waals surface area (Å²) in [5, 5.41) is 11.8. The first kappa shape index (κ1) is 22.5. The summed E-state index contributed by atoms with van der Waals surface area (Å²) in [6.07, 6.45) is 1.78. The Morgan fingerprint density at radius 3 is 2.28 bits per heavy atom. The summed E-state index contributed by atoms with van der Waals surface area (Å²) in [6.45, 7) is 2.49. The van der Waals surface area contributed by atoms with Gasteiger partial charge in [0.2, 0.25) is 10.0 Å². The van der Waals surface area contributed by atoms with Crippen LogP contribution in [0.15, 0.2) is 47.4 Å². The number of carbonyl (C=O) groups excluding carboxylic acids is 1. The van der Waals surface area contributed by atoms with Gasteiger partial charge in [0, 0.05) is 56.0 Å². The van der Waals surface area contributed by atoms with Crippen molar-refractivity contribution in [1.82, 2.24) is 9.21 Å². The number of anilines is 1. The van der Waals surface area contributed by atoms with E-state index in [2.05, 4.69) is 0 Å². The highest BCUT2D eigenvalue weighted by atomic mass is 35.5. The number of amides is 1. The Kier molecular flexibility index (Phi) is 6.36. The molecule has 4 rings (SSSR count). The highest BCUT2D eigenvalue weighted by molar-refractivity contribution is 7.89. The van der Waals surface area contributed by atoms with Gasteiger partial charge in [-0.15, -0.1) is 0 Å². The standard InChI is InChI=1S/C21H23ClN4O5S/c22-16-4-3-5-18(14-16)32(30,31)25-12-10-23(11-13-25)17-6-7-20(26(28)29)19(15-17)21(27)24-8-1-2-9-24/h3-7,14-15H,1-2,8-13H2. The van der Waals surface area contributed by atoms with Gasteiger partial charge in [0.15, 0.2) is 0 Å². The fraction of sp³-hybridized carbons (Fsp3) is 0.381. The number of hydrogen-bond donors (Lipinski definition) is 0. The van der Waals surface area contributed by atoms with Gasteiger partial charge in [0.05, 0.1) is 9.82 Å². The van der Waals surface area contributed by atoms with Crippen LogP contribution in [0.4, 0.5) is 11.4 Å². The molecule has 2 heterocycles. The van der Waals surface area contributed by atoms with Crippen molar-refractivity contribution >= 4 is 38.9 Å². The summed E-state index contributed by atoms with van der Waals surface area (Å²) >= 11 is 5.95. The largest absolute Gasteiger partial charge is 0.369 e. The molecule has 0 aliphatic carbocycles. The number of hydrogen-bond acceptors (Lipinski definition) is 6. The van der Waals surface area contributed by atoms with Crippen LogP contribution in [0.2, 0.25) is 5.02 Å². The average Bonchev–Trinajstić information content (AvgIpc) is 3.33. The van der Waals surface area contributed by atoms with E-state index in [4.69, 9.17) is 11.6 Å². The van der Waals surface area contributed by atoms with Gasteiger partial charge >= 0.3 is 0 Å². The van der Waals surface area contributed by atoms with E-state index in [0.29, 0.717) is 36.9 Å². The number of rotatable bonds is 5. The zero-order valence-corrected chi connectivity index (χ0v) is 18.9. The van der Waals surface area contributed by atoms with E-state index in [1.807, 2.05) is 4.90 Å². The summed E-state index contributed by atoms with van der Waals surface area (Å²) in [7, 11) is -3.67. The van der Waals surface area contributed by atoms with Gasteiger partial charge in [-0.05, 0) is 43.2 Å². The van der Waals surface area contributed by atoms with Crippen molar-refractivity contribution < 1.29 is 18.1 Å². The molecule has 0 N–H and O–H groups in total. The van der Waals surface area contributed by atoms with E-state index >= 15 is 0 Å². The molecule has 2 fully saturated rings. The van der Waals surface area contributed by atoms with Crippen molar-refractivity contribution in [2.75, 3.05) is 44.2 Å². The Labute approximate surface area is 191 Å². The van der Waals surface area contributed by atoms with Crippen LogP contribution in [-0.2, 0) is 10.0 Å². The van der Waals surface area contributed by atoms with E-state index in [1.165, 1.54) is 22.5 Å². The predicted octanol–water partition coefficient (Wildman–Crippen LogP) is 3.00. The van der Waals surface area contributed by atoms with E-state index in [1.54, 1.807) is 29.2 Å². The molecule has 32 heavy (non-hydrogen) atoms. The van der Waals surface area contributed by atoms with Gasteiger partial charge in [0.1, 0.15) is 5.56 Å². The van der Waals surface area contributed by atoms with E-state index in [0.717, 1.165) is 12.8 Å². The molecule has 2 saturated heterocycles. The van der Waals surface area contributed by atoms with Crippen molar-refractivity contribution in [2.24, 2.45) is 0 Å². The molecule has 0 bridgehead atoms. The minimum atomic E-state index is -3.67. The molecule has 0 radical (unpaired) electrons. The summed E-state index contributed by atoms with van der Waals surface area (Å²) in [6, 6.07) is 10.7. The van der Waals surface area contributed by atoms with Crippen LogP contribution in [0.3, 0.4) is 0 Å². The molecule has 2 aliphatic heterocycles. The first-order valence-corrected chi connectivity index (χ1v) is 12.2. The number of piperazine rings is 1. The van der Waals surface area contributed by atoms with Crippen molar-refractivity contribution in [3.05, 3.63) is 63.2 Å².